The molecule has 15 heteroatoms. The molecule has 0 amide bonds. The fourth-order valence-electron chi connectivity index (χ4n) is 4.62. The summed E-state index contributed by atoms with van der Waals surface area (Å²) in [6, 6.07) is -2.17. The summed E-state index contributed by atoms with van der Waals surface area (Å²) in [5.74, 6) is 0. The van der Waals surface area contributed by atoms with E-state index in [2.05, 4.69) is 5.32 Å². The highest BCUT2D eigenvalue weighted by molar-refractivity contribution is 5.56. The second-order valence-corrected chi connectivity index (χ2v) is 8.95. The highest BCUT2D eigenvalue weighted by Crippen LogP contribution is 2.48. The standard InChI is InChI=1S/C19H33NO14/c1-5-8(20-9-12(28)13(29)16(31)19(4-23)17(9)34-19)11(27)14(30)18(32-5)33-15(7(25)3-22)10(26)6(24)2-21/h2,5-18,20,22-31H,3-4H2,1H3. The van der Waals surface area contributed by atoms with Crippen molar-refractivity contribution in [2.45, 2.75) is 98.0 Å². The Hall–Kier alpha value is -0.890. The highest BCUT2D eigenvalue weighted by atomic mass is 16.7. The summed E-state index contributed by atoms with van der Waals surface area (Å²) in [6.45, 7) is -0.118. The molecule has 0 aromatic heterocycles. The van der Waals surface area contributed by atoms with Crippen LogP contribution in [0.3, 0.4) is 0 Å². The normalized spacial score (nSPS) is 47.9. The van der Waals surface area contributed by atoms with Crippen molar-refractivity contribution in [2.75, 3.05) is 13.2 Å². The molecule has 1 aliphatic carbocycles. The number of aliphatic hydroxyl groups is 10. The Kier molecular flexibility index (Phi) is 8.65. The third-order valence-electron chi connectivity index (χ3n) is 6.81. The van der Waals surface area contributed by atoms with E-state index in [9.17, 15) is 55.9 Å². The number of carbonyl (C=O) groups excluding carboxylic acids is 1. The van der Waals surface area contributed by atoms with E-state index in [0.717, 1.165) is 0 Å². The third kappa shape index (κ3) is 4.74. The summed E-state index contributed by atoms with van der Waals surface area (Å²) in [6.07, 6.45) is -19.4. The summed E-state index contributed by atoms with van der Waals surface area (Å²) >= 11 is 0. The molecule has 15 nitrogen and oxygen atoms in total. The van der Waals surface area contributed by atoms with Gasteiger partial charge in [0, 0.05) is 0 Å². The smallest absolute Gasteiger partial charge is 0.187 e. The molecule has 1 saturated carbocycles. The molecule has 3 aliphatic rings. The average molecular weight is 499 g/mol. The molecule has 2 saturated heterocycles. The maximum Gasteiger partial charge on any atom is 0.187 e. The van der Waals surface area contributed by atoms with Crippen LogP contribution in [0.4, 0.5) is 0 Å². The molecular weight excluding hydrogens is 466 g/mol. The van der Waals surface area contributed by atoms with Crippen molar-refractivity contribution in [3.63, 3.8) is 0 Å². The quantitative estimate of drug-likeness (QED) is 0.0985. The van der Waals surface area contributed by atoms with E-state index in [1.165, 1.54) is 6.92 Å². The van der Waals surface area contributed by atoms with Crippen molar-refractivity contribution < 1.29 is 70.1 Å². The molecule has 0 aromatic rings. The molecule has 34 heavy (non-hydrogen) atoms. The lowest BCUT2D eigenvalue weighted by Crippen LogP contribution is -2.70. The van der Waals surface area contributed by atoms with Crippen molar-refractivity contribution >= 4 is 6.29 Å². The van der Waals surface area contributed by atoms with Gasteiger partial charge in [0.2, 0.25) is 0 Å². The zero-order valence-electron chi connectivity index (χ0n) is 18.2. The van der Waals surface area contributed by atoms with Gasteiger partial charge in [0.05, 0.1) is 31.4 Å². The van der Waals surface area contributed by atoms with Crippen molar-refractivity contribution in [1.29, 1.82) is 0 Å². The van der Waals surface area contributed by atoms with Gasteiger partial charge in [-0.25, -0.2) is 0 Å². The zero-order chi connectivity index (χ0) is 25.5. The van der Waals surface area contributed by atoms with E-state index in [1.807, 2.05) is 0 Å². The van der Waals surface area contributed by atoms with Crippen LogP contribution < -0.4 is 5.32 Å². The molecule has 15 atom stereocenters. The first kappa shape index (κ1) is 27.7. The predicted molar refractivity (Wildman–Crippen MR) is 106 cm³/mol. The maximum atomic E-state index is 10.8. The van der Waals surface area contributed by atoms with Crippen molar-refractivity contribution in [3.05, 3.63) is 0 Å². The molecule has 198 valence electrons. The molecule has 15 unspecified atom stereocenters. The third-order valence-corrected chi connectivity index (χ3v) is 6.81. The zero-order valence-corrected chi connectivity index (χ0v) is 18.2. The molecule has 0 spiro atoms. The second-order valence-electron chi connectivity index (χ2n) is 8.95. The van der Waals surface area contributed by atoms with E-state index in [-0.39, 0.29) is 6.29 Å². The fourth-order valence-corrected chi connectivity index (χ4v) is 4.62. The Labute approximate surface area is 193 Å². The molecule has 0 aromatic carbocycles. The Morgan fingerprint density at radius 2 is 1.62 bits per heavy atom. The van der Waals surface area contributed by atoms with Crippen LogP contribution >= 0.6 is 0 Å². The SMILES string of the molecule is CC1OC(OC(C(O)CO)C(O)C(O)C=O)C(O)C(O)C1NC1C(O)C(O)C(O)C2(CO)OC12. The van der Waals surface area contributed by atoms with E-state index < -0.39 is 104 Å². The number of rotatable bonds is 10. The van der Waals surface area contributed by atoms with E-state index in [1.54, 1.807) is 0 Å². The van der Waals surface area contributed by atoms with Gasteiger partial charge in [0.15, 0.2) is 12.6 Å². The number of hydrogen-bond donors (Lipinski definition) is 11. The van der Waals surface area contributed by atoms with E-state index in [4.69, 9.17) is 14.2 Å². The maximum absolute atomic E-state index is 10.8. The molecule has 0 bridgehead atoms. The lowest BCUT2D eigenvalue weighted by Gasteiger charge is -2.46. The summed E-state index contributed by atoms with van der Waals surface area (Å²) < 4.78 is 16.2. The number of ether oxygens (including phenoxy) is 3. The van der Waals surface area contributed by atoms with Crippen molar-refractivity contribution in [2.24, 2.45) is 0 Å². The number of hydrogen-bond acceptors (Lipinski definition) is 15. The van der Waals surface area contributed by atoms with Gasteiger partial charge in [-0.1, -0.05) is 0 Å². The van der Waals surface area contributed by atoms with E-state index >= 15 is 0 Å². The fraction of sp³-hybridized carbons (Fsp3) is 0.947. The van der Waals surface area contributed by atoms with Crippen LogP contribution in [0.25, 0.3) is 0 Å². The summed E-state index contributed by atoms with van der Waals surface area (Å²) in [7, 11) is 0. The van der Waals surface area contributed by atoms with Gasteiger partial charge in [-0.2, -0.15) is 0 Å². The van der Waals surface area contributed by atoms with Gasteiger partial charge in [-0.05, 0) is 6.92 Å². The average Bonchev–Trinajstić information content (AvgIpc) is 3.58. The van der Waals surface area contributed by atoms with Crippen molar-refractivity contribution in [1.82, 2.24) is 5.32 Å². The molecule has 2 heterocycles. The van der Waals surface area contributed by atoms with Crippen LogP contribution in [0.5, 0.6) is 0 Å². The Morgan fingerprint density at radius 1 is 1.00 bits per heavy atom. The predicted octanol–water partition coefficient (Wildman–Crippen LogP) is -7.33. The lowest BCUT2D eigenvalue weighted by atomic mass is 9.79. The van der Waals surface area contributed by atoms with Gasteiger partial charge in [0.1, 0.15) is 66.6 Å². The van der Waals surface area contributed by atoms with Gasteiger partial charge in [-0.15, -0.1) is 0 Å². The molecule has 3 rings (SSSR count). The minimum Gasteiger partial charge on any atom is -0.394 e. The first-order valence-electron chi connectivity index (χ1n) is 10.8. The van der Waals surface area contributed by atoms with Gasteiger partial charge < -0.3 is 75.4 Å². The molecule has 0 radical (unpaired) electrons. The van der Waals surface area contributed by atoms with Crippen LogP contribution in [-0.2, 0) is 19.0 Å². The highest BCUT2D eigenvalue weighted by Gasteiger charge is 2.71. The molecule has 3 fully saturated rings. The summed E-state index contributed by atoms with van der Waals surface area (Å²) in [5.41, 5.74) is -1.49. The summed E-state index contributed by atoms with van der Waals surface area (Å²) in [5, 5.41) is 103. The number of carbonyl (C=O) groups is 1. The summed E-state index contributed by atoms with van der Waals surface area (Å²) in [4.78, 5) is 10.8. The Balaban J connectivity index is 1.71. The van der Waals surface area contributed by atoms with Crippen LogP contribution in [0.1, 0.15) is 6.92 Å². The Bertz CT molecular complexity index is 702. The minimum atomic E-state index is -2.00. The minimum absolute atomic E-state index is 0.0199. The van der Waals surface area contributed by atoms with Crippen LogP contribution in [-0.4, -0.2) is 162 Å². The van der Waals surface area contributed by atoms with Gasteiger partial charge in [-0.3, -0.25) is 0 Å². The second kappa shape index (κ2) is 10.6. The first-order chi connectivity index (χ1) is 15.9. The molecular formula is C19H33NO14. The van der Waals surface area contributed by atoms with Crippen LogP contribution in [0.15, 0.2) is 0 Å². The van der Waals surface area contributed by atoms with Crippen LogP contribution in [0, 0.1) is 0 Å². The first-order valence-corrected chi connectivity index (χ1v) is 10.8. The number of aliphatic hydroxyl groups excluding tert-OH is 10. The molecule has 11 N–H and O–H groups in total. The largest absolute Gasteiger partial charge is 0.394 e. The van der Waals surface area contributed by atoms with Gasteiger partial charge >= 0.3 is 0 Å². The lowest BCUT2D eigenvalue weighted by molar-refractivity contribution is -0.307. The number of epoxide rings is 1. The number of nitrogens with one attached hydrogen (secondary N) is 1. The monoisotopic (exact) mass is 499 g/mol. The van der Waals surface area contributed by atoms with Gasteiger partial charge in [0.25, 0.3) is 0 Å². The number of aldehydes is 1. The number of fused-ring (bicyclic) bond motifs is 1. The molecule has 2 aliphatic heterocycles. The van der Waals surface area contributed by atoms with E-state index in [0.29, 0.717) is 0 Å². The Morgan fingerprint density at radius 3 is 2.18 bits per heavy atom. The van der Waals surface area contributed by atoms with Crippen LogP contribution in [0.2, 0.25) is 0 Å². The van der Waals surface area contributed by atoms with Crippen molar-refractivity contribution in [3.8, 4) is 0 Å². The topological polar surface area (TPSA) is 262 Å².